The van der Waals surface area contributed by atoms with Gasteiger partial charge in [0, 0.05) is 23.5 Å². The first-order valence-corrected chi connectivity index (χ1v) is 10.5. The molecule has 0 spiro atoms. The highest BCUT2D eigenvalue weighted by Crippen LogP contribution is 2.38. The number of hydrogen-bond acceptors (Lipinski definition) is 5. The van der Waals surface area contributed by atoms with E-state index in [9.17, 15) is 14.7 Å². The molecule has 0 aliphatic rings. The van der Waals surface area contributed by atoms with Crippen LogP contribution in [0.3, 0.4) is 0 Å². The largest absolute Gasteiger partial charge is 0.481 e. The van der Waals surface area contributed by atoms with Crippen molar-refractivity contribution in [3.63, 3.8) is 0 Å². The molecular weight excluding hydrogens is 416 g/mol. The molecule has 3 aromatic carbocycles. The molecule has 0 bridgehead atoms. The van der Waals surface area contributed by atoms with Gasteiger partial charge < -0.3 is 10.0 Å². The van der Waals surface area contributed by atoms with E-state index in [0.29, 0.717) is 10.5 Å². The summed E-state index contributed by atoms with van der Waals surface area (Å²) in [5, 5.41) is 9.45. The van der Waals surface area contributed by atoms with E-state index in [1.54, 1.807) is 0 Å². The van der Waals surface area contributed by atoms with Gasteiger partial charge in [0.15, 0.2) is 5.12 Å². The highest BCUT2D eigenvalue weighted by atomic mass is 32.1. The summed E-state index contributed by atoms with van der Waals surface area (Å²) in [5.41, 5.74) is 3.67. The molecular formula is C23H18N2O3S2. The van der Waals surface area contributed by atoms with E-state index in [4.69, 9.17) is 0 Å². The van der Waals surface area contributed by atoms with Gasteiger partial charge >= 0.3 is 5.97 Å². The lowest BCUT2D eigenvalue weighted by Gasteiger charge is -2.25. The van der Waals surface area contributed by atoms with E-state index < -0.39 is 17.0 Å². The van der Waals surface area contributed by atoms with Crippen LogP contribution in [0.1, 0.15) is 17.3 Å². The van der Waals surface area contributed by atoms with Crippen molar-refractivity contribution in [1.29, 1.82) is 0 Å². The Kier molecular flexibility index (Phi) is 5.83. The van der Waals surface area contributed by atoms with Gasteiger partial charge in [0.25, 0.3) is 0 Å². The minimum atomic E-state index is -1.08. The third kappa shape index (κ3) is 4.22. The smallest absolute Gasteiger partial charge is 0.313 e. The summed E-state index contributed by atoms with van der Waals surface area (Å²) < 4.78 is 0.859. The molecule has 0 aliphatic heterocycles. The van der Waals surface area contributed by atoms with Gasteiger partial charge in [-0.2, -0.15) is 0 Å². The molecule has 1 N–H and O–H groups in total. The Hall–Kier alpha value is -3.16. The molecule has 1 unspecified atom stereocenters. The van der Waals surface area contributed by atoms with Crippen molar-refractivity contribution in [1.82, 2.24) is 4.98 Å². The predicted octanol–water partition coefficient (Wildman–Crippen LogP) is 5.78. The van der Waals surface area contributed by atoms with Crippen LogP contribution in [0.2, 0.25) is 0 Å². The number of nitrogens with zero attached hydrogens (tertiary/aromatic N) is 2. The lowest BCUT2D eigenvalue weighted by Crippen LogP contribution is -2.13. The number of aliphatic carboxylic acids is 1. The van der Waals surface area contributed by atoms with E-state index >= 15 is 0 Å². The number of anilines is 3. The van der Waals surface area contributed by atoms with Gasteiger partial charge in [-0.3, -0.25) is 9.59 Å². The van der Waals surface area contributed by atoms with E-state index in [-0.39, 0.29) is 6.42 Å². The van der Waals surface area contributed by atoms with Crippen LogP contribution < -0.4 is 4.90 Å². The summed E-state index contributed by atoms with van der Waals surface area (Å²) in [6.45, 7) is 0. The third-order valence-corrected chi connectivity index (χ3v) is 5.96. The first-order chi connectivity index (χ1) is 14.5. The van der Waals surface area contributed by atoms with Gasteiger partial charge in [-0.1, -0.05) is 36.4 Å². The van der Waals surface area contributed by atoms with Crippen molar-refractivity contribution in [3.8, 4) is 0 Å². The third-order valence-electron chi connectivity index (χ3n) is 4.65. The molecule has 0 aliphatic carbocycles. The maximum atomic E-state index is 11.6. The Morgan fingerprint density at radius 2 is 1.53 bits per heavy atom. The predicted molar refractivity (Wildman–Crippen MR) is 123 cm³/mol. The second kappa shape index (κ2) is 8.69. The standard InChI is InChI=1S/C23H18N2O3S2/c26-21(29)14-18(23(27)28)22-24-19-12-11-17(13-20(19)30-22)25(15-7-3-1-4-8-15)16-9-5-2-6-10-16/h1-13,18H,14H2,(H,26,29)(H,27,28). The fourth-order valence-electron chi connectivity index (χ4n) is 3.28. The molecule has 4 rings (SSSR count). The van der Waals surface area contributed by atoms with Crippen LogP contribution >= 0.6 is 24.0 Å². The zero-order chi connectivity index (χ0) is 21.1. The fourth-order valence-corrected chi connectivity index (χ4v) is 4.55. The van der Waals surface area contributed by atoms with Crippen molar-refractivity contribution in [2.45, 2.75) is 12.3 Å². The summed E-state index contributed by atoms with van der Waals surface area (Å²) in [6.07, 6.45) is -0.189. The maximum Gasteiger partial charge on any atom is 0.313 e. The van der Waals surface area contributed by atoms with Crippen molar-refractivity contribution >= 4 is 62.3 Å². The number of carbonyl (C=O) groups excluding carboxylic acids is 1. The average Bonchev–Trinajstić information content (AvgIpc) is 3.16. The highest BCUT2D eigenvalue weighted by molar-refractivity contribution is 7.96. The van der Waals surface area contributed by atoms with E-state index in [2.05, 4.69) is 22.5 Å². The van der Waals surface area contributed by atoms with E-state index in [0.717, 1.165) is 21.8 Å². The van der Waals surface area contributed by atoms with Crippen LogP contribution in [-0.2, 0) is 9.59 Å². The molecule has 0 amide bonds. The minimum Gasteiger partial charge on any atom is -0.481 e. The topological polar surface area (TPSA) is 70.5 Å². The normalized spacial score (nSPS) is 11.9. The Bertz CT molecular complexity index is 1150. The Labute approximate surface area is 183 Å². The number of carboxylic acid groups (broad SMARTS) is 1. The molecule has 0 saturated heterocycles. The number of fused-ring (bicyclic) bond motifs is 1. The van der Waals surface area contributed by atoms with Crippen LogP contribution in [-0.4, -0.2) is 21.2 Å². The molecule has 1 aromatic heterocycles. The number of hydrogen-bond donors (Lipinski definition) is 2. The van der Waals surface area contributed by atoms with Crippen molar-refractivity contribution in [2.24, 2.45) is 0 Å². The summed E-state index contributed by atoms with van der Waals surface area (Å²) >= 11 is 5.03. The summed E-state index contributed by atoms with van der Waals surface area (Å²) in [6, 6.07) is 25.9. The number of benzene rings is 3. The molecule has 150 valence electrons. The lowest BCUT2D eigenvalue weighted by atomic mass is 10.1. The number of thiazole rings is 1. The van der Waals surface area contributed by atoms with Crippen LogP contribution in [0, 0.1) is 0 Å². The molecule has 0 saturated carbocycles. The Morgan fingerprint density at radius 3 is 2.07 bits per heavy atom. The quantitative estimate of drug-likeness (QED) is 0.361. The highest BCUT2D eigenvalue weighted by Gasteiger charge is 2.26. The Balaban J connectivity index is 1.79. The molecule has 4 aromatic rings. The molecule has 1 heterocycles. The number of carboxylic acids is 1. The molecule has 5 nitrogen and oxygen atoms in total. The van der Waals surface area contributed by atoms with Crippen LogP contribution in [0.5, 0.6) is 0 Å². The molecule has 0 radical (unpaired) electrons. The fraction of sp³-hybridized carbons (Fsp3) is 0.0870. The summed E-state index contributed by atoms with van der Waals surface area (Å²) in [5.74, 6) is -2.07. The second-order valence-electron chi connectivity index (χ2n) is 6.70. The van der Waals surface area contributed by atoms with E-state index in [1.165, 1.54) is 11.3 Å². The van der Waals surface area contributed by atoms with Crippen molar-refractivity contribution in [2.75, 3.05) is 4.90 Å². The minimum absolute atomic E-state index is 0.189. The van der Waals surface area contributed by atoms with Crippen LogP contribution in [0.15, 0.2) is 78.9 Å². The van der Waals surface area contributed by atoms with Gasteiger partial charge in [0.2, 0.25) is 0 Å². The second-order valence-corrected chi connectivity index (χ2v) is 8.26. The monoisotopic (exact) mass is 434 g/mol. The number of para-hydroxylation sites is 2. The lowest BCUT2D eigenvalue weighted by molar-refractivity contribution is -0.139. The van der Waals surface area contributed by atoms with Gasteiger partial charge in [-0.15, -0.1) is 24.0 Å². The SMILES string of the molecule is O=C(S)CC(C(=O)O)c1nc2ccc(N(c3ccccc3)c3ccccc3)cc2s1. The molecule has 30 heavy (non-hydrogen) atoms. The maximum absolute atomic E-state index is 11.6. The van der Waals surface area contributed by atoms with Gasteiger partial charge in [-0.25, -0.2) is 4.98 Å². The molecule has 1 atom stereocenters. The van der Waals surface area contributed by atoms with Crippen molar-refractivity contribution in [3.05, 3.63) is 83.9 Å². The number of thiol groups is 1. The van der Waals surface area contributed by atoms with Gasteiger partial charge in [0.05, 0.1) is 10.2 Å². The number of carbonyl (C=O) groups is 2. The van der Waals surface area contributed by atoms with Crippen LogP contribution in [0.25, 0.3) is 10.2 Å². The number of rotatable bonds is 7. The van der Waals surface area contributed by atoms with Gasteiger partial charge in [0.1, 0.15) is 10.9 Å². The van der Waals surface area contributed by atoms with E-state index in [1.807, 2.05) is 78.9 Å². The zero-order valence-electron chi connectivity index (χ0n) is 15.8. The Morgan fingerprint density at radius 1 is 0.933 bits per heavy atom. The first kappa shape index (κ1) is 20.1. The zero-order valence-corrected chi connectivity index (χ0v) is 17.5. The molecule has 7 heteroatoms. The van der Waals surface area contributed by atoms with Gasteiger partial charge in [-0.05, 0) is 42.5 Å². The summed E-state index contributed by atoms with van der Waals surface area (Å²) in [4.78, 5) is 29.6. The number of aromatic nitrogens is 1. The first-order valence-electron chi connectivity index (χ1n) is 9.28. The van der Waals surface area contributed by atoms with Crippen molar-refractivity contribution < 1.29 is 14.7 Å². The molecule has 0 fully saturated rings. The average molecular weight is 435 g/mol. The summed E-state index contributed by atoms with van der Waals surface area (Å²) in [7, 11) is 0. The van der Waals surface area contributed by atoms with Crippen LogP contribution in [0.4, 0.5) is 17.1 Å².